The molecule has 1 aromatic rings. The van der Waals surface area contributed by atoms with Crippen LogP contribution >= 0.6 is 7.26 Å². The summed E-state index contributed by atoms with van der Waals surface area (Å²) in [5.74, 6) is 0. The average molecular weight is 254 g/mol. The highest BCUT2D eigenvalue weighted by Crippen LogP contribution is 2.48. The Morgan fingerprint density at radius 1 is 1.00 bits per heavy atom. The molecule has 0 atom stereocenters. The van der Waals surface area contributed by atoms with E-state index in [2.05, 4.69) is 50.6 Å². The summed E-state index contributed by atoms with van der Waals surface area (Å²) in [4.78, 5) is 0. The summed E-state index contributed by atoms with van der Waals surface area (Å²) < 4.78 is 39.0. The topological polar surface area (TPSA) is 0 Å². The predicted molar refractivity (Wildman–Crippen MR) is 65.6 cm³/mol. The molecule has 0 unspecified atom stereocenters. The Bertz CT molecular complexity index is 291. The second-order valence-electron chi connectivity index (χ2n) is 3.83. The van der Waals surface area contributed by atoms with Crippen molar-refractivity contribution in [1.29, 1.82) is 0 Å². The molecule has 0 aliphatic rings. The van der Waals surface area contributed by atoms with Crippen LogP contribution in [0.3, 0.4) is 0 Å². The highest BCUT2D eigenvalue weighted by atomic mass is 31.2. The van der Waals surface area contributed by atoms with Crippen molar-refractivity contribution in [3.05, 3.63) is 30.3 Å². The van der Waals surface area contributed by atoms with Crippen LogP contribution in [0.5, 0.6) is 0 Å². The maximum atomic E-state index is 9.75. The monoisotopic (exact) mass is 254 g/mol. The van der Waals surface area contributed by atoms with Crippen LogP contribution in [0.4, 0.5) is 17.3 Å². The minimum atomic E-state index is -6.00. The lowest BCUT2D eigenvalue weighted by Gasteiger charge is -2.14. The maximum Gasteiger partial charge on any atom is 0.673 e. The Labute approximate surface area is 94.5 Å². The summed E-state index contributed by atoms with van der Waals surface area (Å²) in [5, 5.41) is 1.54. The number of halogens is 4. The van der Waals surface area contributed by atoms with E-state index in [0.717, 1.165) is 0 Å². The standard InChI is InChI=1S/C10H16P.BF4/c1-4-11(2,3)10-8-6-5-7-9-10;2-1(3,4)5/h5-9H,4H2,1-3H3;/q+1;-1. The lowest BCUT2D eigenvalue weighted by molar-refractivity contribution is 0.368. The average Bonchev–Trinajstić information content (AvgIpc) is 2.17. The van der Waals surface area contributed by atoms with E-state index in [1.54, 1.807) is 5.30 Å². The van der Waals surface area contributed by atoms with E-state index in [1.807, 2.05) is 0 Å². The molecular weight excluding hydrogens is 238 g/mol. The Kier molecular flexibility index (Phi) is 6.02. The minimum absolute atomic E-state index is 0.776. The molecule has 1 rings (SSSR count). The predicted octanol–water partition coefficient (Wildman–Crippen LogP) is 3.91. The summed E-state index contributed by atoms with van der Waals surface area (Å²) >= 11 is 0. The molecule has 0 bridgehead atoms. The van der Waals surface area contributed by atoms with Gasteiger partial charge < -0.3 is 17.3 Å². The fraction of sp³-hybridized carbons (Fsp3) is 0.400. The van der Waals surface area contributed by atoms with Gasteiger partial charge in [0.25, 0.3) is 0 Å². The molecule has 0 saturated carbocycles. The van der Waals surface area contributed by atoms with Crippen molar-refractivity contribution in [2.24, 2.45) is 0 Å². The molecule has 0 saturated heterocycles. The summed E-state index contributed by atoms with van der Waals surface area (Å²) in [5.41, 5.74) is 0. The van der Waals surface area contributed by atoms with Crippen LogP contribution in [-0.2, 0) is 0 Å². The van der Waals surface area contributed by atoms with Crippen LogP contribution in [0, 0.1) is 0 Å². The van der Waals surface area contributed by atoms with Crippen molar-refractivity contribution in [2.75, 3.05) is 19.5 Å². The zero-order chi connectivity index (χ0) is 12.8. The van der Waals surface area contributed by atoms with Gasteiger partial charge in [0.05, 0.1) is 24.8 Å². The summed E-state index contributed by atoms with van der Waals surface area (Å²) in [6, 6.07) is 10.8. The first-order valence-corrected chi connectivity index (χ1v) is 7.79. The third-order valence-electron chi connectivity index (χ3n) is 2.25. The highest BCUT2D eigenvalue weighted by Gasteiger charge is 2.24. The van der Waals surface area contributed by atoms with E-state index in [9.17, 15) is 17.3 Å². The number of hydrogen-bond acceptors (Lipinski definition) is 0. The van der Waals surface area contributed by atoms with Gasteiger partial charge >= 0.3 is 7.25 Å². The van der Waals surface area contributed by atoms with Crippen molar-refractivity contribution in [2.45, 2.75) is 6.92 Å². The number of hydrogen-bond donors (Lipinski definition) is 0. The van der Waals surface area contributed by atoms with Crippen molar-refractivity contribution in [3.63, 3.8) is 0 Å². The van der Waals surface area contributed by atoms with Crippen LogP contribution < -0.4 is 5.30 Å². The smallest absolute Gasteiger partial charge is 0.418 e. The van der Waals surface area contributed by atoms with Gasteiger partial charge in [-0.25, -0.2) is 0 Å². The summed E-state index contributed by atoms with van der Waals surface area (Å²) in [6.45, 7) is 7.06. The largest absolute Gasteiger partial charge is 0.673 e. The SMILES string of the molecule is CC[P+](C)(C)c1ccccc1.F[B-](F)(F)F. The van der Waals surface area contributed by atoms with Crippen molar-refractivity contribution in [1.82, 2.24) is 0 Å². The van der Waals surface area contributed by atoms with E-state index in [-0.39, 0.29) is 0 Å². The second-order valence-corrected chi connectivity index (χ2v) is 8.35. The molecule has 0 spiro atoms. The van der Waals surface area contributed by atoms with Gasteiger partial charge in [0.2, 0.25) is 0 Å². The van der Waals surface area contributed by atoms with E-state index in [0.29, 0.717) is 0 Å². The molecule has 0 aliphatic carbocycles. The van der Waals surface area contributed by atoms with E-state index in [1.165, 1.54) is 6.16 Å². The van der Waals surface area contributed by atoms with Gasteiger partial charge in [-0.05, 0) is 19.1 Å². The fourth-order valence-corrected chi connectivity index (χ4v) is 2.36. The van der Waals surface area contributed by atoms with E-state index in [4.69, 9.17) is 0 Å². The van der Waals surface area contributed by atoms with Gasteiger partial charge in [-0.15, -0.1) is 0 Å². The maximum absolute atomic E-state index is 9.75. The third kappa shape index (κ3) is 7.69. The molecule has 6 heteroatoms. The molecule has 92 valence electrons. The summed E-state index contributed by atoms with van der Waals surface area (Å²) in [6.07, 6.45) is 1.30. The molecule has 0 fully saturated rings. The molecule has 16 heavy (non-hydrogen) atoms. The van der Waals surface area contributed by atoms with Crippen molar-refractivity contribution in [3.8, 4) is 0 Å². The van der Waals surface area contributed by atoms with Crippen LogP contribution in [0.25, 0.3) is 0 Å². The Hall–Kier alpha value is -0.565. The minimum Gasteiger partial charge on any atom is -0.418 e. The normalized spacial score (nSPS) is 11.7. The molecular formula is C10H16BF4P. The molecule has 1 aromatic carbocycles. The van der Waals surface area contributed by atoms with Crippen LogP contribution in [-0.4, -0.2) is 26.7 Å². The van der Waals surface area contributed by atoms with Gasteiger partial charge in [-0.3, -0.25) is 0 Å². The Morgan fingerprint density at radius 3 is 1.69 bits per heavy atom. The lowest BCUT2D eigenvalue weighted by Crippen LogP contribution is -2.09. The van der Waals surface area contributed by atoms with Gasteiger partial charge in [-0.2, -0.15) is 0 Å². The molecule has 0 radical (unpaired) electrons. The Morgan fingerprint density at radius 2 is 1.38 bits per heavy atom. The fourth-order valence-electron chi connectivity index (χ4n) is 1.01. The Balaban J connectivity index is 0.000000385. The molecule has 0 heterocycles. The zero-order valence-electron chi connectivity index (χ0n) is 9.63. The van der Waals surface area contributed by atoms with Crippen molar-refractivity contribution >= 4 is 19.8 Å². The van der Waals surface area contributed by atoms with E-state index < -0.39 is 14.5 Å². The third-order valence-corrected chi connectivity index (χ3v) is 5.52. The number of rotatable bonds is 2. The molecule has 0 aliphatic heterocycles. The first-order chi connectivity index (χ1) is 7.17. The van der Waals surface area contributed by atoms with Crippen LogP contribution in [0.2, 0.25) is 0 Å². The van der Waals surface area contributed by atoms with Gasteiger partial charge in [-0.1, -0.05) is 18.2 Å². The van der Waals surface area contributed by atoms with E-state index >= 15 is 0 Å². The molecule has 0 amide bonds. The van der Waals surface area contributed by atoms with Gasteiger partial charge in [0.1, 0.15) is 0 Å². The zero-order valence-corrected chi connectivity index (χ0v) is 10.5. The van der Waals surface area contributed by atoms with Gasteiger partial charge in [0.15, 0.2) is 0 Å². The highest BCUT2D eigenvalue weighted by molar-refractivity contribution is 7.81. The molecule has 0 nitrogen and oxygen atoms in total. The first-order valence-electron chi connectivity index (χ1n) is 4.92. The quantitative estimate of drug-likeness (QED) is 0.426. The van der Waals surface area contributed by atoms with Crippen LogP contribution in [0.15, 0.2) is 30.3 Å². The molecule has 0 aromatic heterocycles. The summed E-state index contributed by atoms with van der Waals surface area (Å²) in [7, 11) is -6.78. The number of benzene rings is 1. The second kappa shape index (κ2) is 6.24. The van der Waals surface area contributed by atoms with Crippen molar-refractivity contribution < 1.29 is 17.3 Å². The molecule has 0 N–H and O–H groups in total. The van der Waals surface area contributed by atoms with Gasteiger partial charge in [0, 0.05) is 7.26 Å². The lowest BCUT2D eigenvalue weighted by atomic mass is 10.3. The van der Waals surface area contributed by atoms with Crippen LogP contribution in [0.1, 0.15) is 6.92 Å². The first kappa shape index (κ1) is 15.4.